The molecule has 0 fully saturated rings. The fraction of sp³-hybridized carbons (Fsp3) is 0.812. The number of carbonyl (C=O) groups excluding carboxylic acids is 1. The van der Waals surface area contributed by atoms with Crippen LogP contribution in [0.25, 0.3) is 0 Å². The van der Waals surface area contributed by atoms with Crippen LogP contribution < -0.4 is 17.0 Å². The number of nitrogens with zero attached hydrogens (tertiary/aromatic N) is 1. The molecule has 0 amide bonds. The summed E-state index contributed by atoms with van der Waals surface area (Å²) in [6.45, 7) is 11.1. The van der Waals surface area contributed by atoms with Gasteiger partial charge in [0.2, 0.25) is 5.78 Å². The molecule has 1 unspecified atom stereocenters. The van der Waals surface area contributed by atoms with Crippen LogP contribution in [-0.2, 0) is 4.79 Å². The van der Waals surface area contributed by atoms with Gasteiger partial charge in [0.25, 0.3) is 0 Å². The van der Waals surface area contributed by atoms with Crippen molar-refractivity contribution in [2.75, 3.05) is 20.6 Å². The van der Waals surface area contributed by atoms with Gasteiger partial charge in [0.05, 0.1) is 20.6 Å². The van der Waals surface area contributed by atoms with Gasteiger partial charge in [-0.25, -0.2) is 0 Å². The molecule has 0 N–H and O–H groups in total. The maximum absolute atomic E-state index is 12.2. The Morgan fingerprint density at radius 1 is 1.16 bits per heavy atom. The first-order valence-electron chi connectivity index (χ1n) is 7.35. The summed E-state index contributed by atoms with van der Waals surface area (Å²) < 4.78 is 0.742. The summed E-state index contributed by atoms with van der Waals surface area (Å²) in [6.07, 6.45) is 8.69. The summed E-state index contributed by atoms with van der Waals surface area (Å²) in [4.78, 5) is 12.2. The number of quaternary nitrogens is 1. The molecule has 0 radical (unpaired) electrons. The third kappa shape index (κ3) is 5.78. The smallest absolute Gasteiger partial charge is 0.214 e. The molecule has 19 heavy (non-hydrogen) atoms. The zero-order valence-electron chi connectivity index (χ0n) is 13.5. The highest BCUT2D eigenvalue weighted by atomic mass is 79.9. The number of carbonyl (C=O) groups is 1. The van der Waals surface area contributed by atoms with Crippen LogP contribution in [0, 0.1) is 0 Å². The largest absolute Gasteiger partial charge is 1.00 e. The minimum absolute atomic E-state index is 0. The van der Waals surface area contributed by atoms with Gasteiger partial charge in [0, 0.05) is 6.42 Å². The fourth-order valence-electron chi connectivity index (χ4n) is 2.37. The molecule has 3 heteroatoms. The van der Waals surface area contributed by atoms with E-state index in [2.05, 4.69) is 41.4 Å². The molecular weight excluding hydrogens is 302 g/mol. The van der Waals surface area contributed by atoms with Gasteiger partial charge in [-0.15, -0.1) is 0 Å². The van der Waals surface area contributed by atoms with Crippen LogP contribution in [0.5, 0.6) is 0 Å². The summed E-state index contributed by atoms with van der Waals surface area (Å²) in [7, 11) is 4.29. The van der Waals surface area contributed by atoms with E-state index in [0.29, 0.717) is 0 Å². The van der Waals surface area contributed by atoms with Crippen molar-refractivity contribution in [1.82, 2.24) is 0 Å². The Labute approximate surface area is 130 Å². The predicted molar refractivity (Wildman–Crippen MR) is 79.6 cm³/mol. The zero-order chi connectivity index (χ0) is 14.2. The Kier molecular flexibility index (Phi) is 10.8. The molecule has 114 valence electrons. The molecule has 0 aromatic rings. The molecule has 0 saturated heterocycles. The Morgan fingerprint density at radius 2 is 1.68 bits per heavy atom. The summed E-state index contributed by atoms with van der Waals surface area (Å²) in [5.74, 6) is 0.185. The van der Waals surface area contributed by atoms with Gasteiger partial charge in [-0.1, -0.05) is 39.2 Å². The molecule has 0 saturated carbocycles. The lowest BCUT2D eigenvalue weighted by Crippen LogP contribution is -3.00. The third-order valence-corrected chi connectivity index (χ3v) is 4.61. The average molecular weight is 334 g/mol. The first-order valence-corrected chi connectivity index (χ1v) is 7.35. The van der Waals surface area contributed by atoms with Crippen molar-refractivity contribution < 1.29 is 26.3 Å². The van der Waals surface area contributed by atoms with Crippen molar-refractivity contribution in [3.8, 4) is 0 Å². The SMILES string of the molecule is C=CC(=O)C(C)(CCCCCCC)[N+](C)(C)CC.[Br-]. The Hall–Kier alpha value is -0.150. The van der Waals surface area contributed by atoms with Crippen molar-refractivity contribution in [3.63, 3.8) is 0 Å². The van der Waals surface area contributed by atoms with E-state index >= 15 is 0 Å². The highest BCUT2D eigenvalue weighted by Crippen LogP contribution is 2.28. The van der Waals surface area contributed by atoms with Gasteiger partial charge in [-0.2, -0.15) is 0 Å². The van der Waals surface area contributed by atoms with Crippen molar-refractivity contribution in [3.05, 3.63) is 12.7 Å². The van der Waals surface area contributed by atoms with Gasteiger partial charge in [0.1, 0.15) is 0 Å². The number of unbranched alkanes of at least 4 members (excludes halogenated alkanes) is 4. The average Bonchev–Trinajstić information content (AvgIpc) is 2.36. The topological polar surface area (TPSA) is 17.1 Å². The van der Waals surface area contributed by atoms with Gasteiger partial charge in [-0.05, 0) is 26.3 Å². The molecule has 0 rings (SSSR count). The first-order chi connectivity index (χ1) is 8.35. The summed E-state index contributed by atoms with van der Waals surface area (Å²) in [5, 5.41) is 0. The normalized spacial score (nSPS) is 14.4. The molecule has 0 aliphatic carbocycles. The summed E-state index contributed by atoms with van der Waals surface area (Å²) in [5.41, 5.74) is -0.317. The van der Waals surface area contributed by atoms with Crippen molar-refractivity contribution in [2.45, 2.75) is 64.8 Å². The molecule has 0 heterocycles. The maximum atomic E-state index is 12.2. The highest BCUT2D eigenvalue weighted by Gasteiger charge is 2.44. The van der Waals surface area contributed by atoms with Crippen molar-refractivity contribution >= 4 is 5.78 Å². The number of rotatable bonds is 10. The lowest BCUT2D eigenvalue weighted by Gasteiger charge is -2.44. The van der Waals surface area contributed by atoms with E-state index in [1.807, 2.05) is 0 Å². The van der Waals surface area contributed by atoms with Crippen LogP contribution in [0.4, 0.5) is 0 Å². The predicted octanol–water partition coefficient (Wildman–Crippen LogP) is 0.961. The van der Waals surface area contributed by atoms with Crippen LogP contribution in [-0.4, -0.2) is 36.4 Å². The number of hydrogen-bond donors (Lipinski definition) is 0. The van der Waals surface area contributed by atoms with Gasteiger partial charge < -0.3 is 21.5 Å². The standard InChI is InChI=1S/C16H32NO.BrH/c1-7-10-11-12-13-14-16(4,15(18)8-2)17(5,6)9-3;/h8H,2,7,9-14H2,1,3-6H3;1H/q+1;/p-1. The fourth-order valence-corrected chi connectivity index (χ4v) is 2.37. The molecular formula is C16H32BrNO. The minimum Gasteiger partial charge on any atom is -1.00 e. The number of likely N-dealkylation sites (N-methyl/N-ethyl adjacent to an activating group) is 1. The quantitative estimate of drug-likeness (QED) is 0.330. The van der Waals surface area contributed by atoms with Crippen LogP contribution >= 0.6 is 0 Å². The molecule has 0 bridgehead atoms. The van der Waals surface area contributed by atoms with E-state index < -0.39 is 0 Å². The molecule has 0 aromatic heterocycles. The van der Waals surface area contributed by atoms with E-state index in [9.17, 15) is 4.79 Å². The second kappa shape index (κ2) is 9.71. The Morgan fingerprint density at radius 3 is 2.11 bits per heavy atom. The van der Waals surface area contributed by atoms with Gasteiger partial charge in [0.15, 0.2) is 5.54 Å². The van der Waals surface area contributed by atoms with Gasteiger partial charge >= 0.3 is 0 Å². The Balaban J connectivity index is 0. The van der Waals surface area contributed by atoms with E-state index in [4.69, 9.17) is 0 Å². The second-order valence-corrected chi connectivity index (χ2v) is 6.01. The van der Waals surface area contributed by atoms with Crippen LogP contribution in [0.1, 0.15) is 59.3 Å². The maximum Gasteiger partial charge on any atom is 0.214 e. The first kappa shape index (κ1) is 21.2. The zero-order valence-corrected chi connectivity index (χ0v) is 15.1. The summed E-state index contributed by atoms with van der Waals surface area (Å²) in [6, 6.07) is 0. The molecule has 1 atom stereocenters. The van der Waals surface area contributed by atoms with Crippen LogP contribution in [0.3, 0.4) is 0 Å². The third-order valence-electron chi connectivity index (χ3n) is 4.61. The lowest BCUT2D eigenvalue weighted by molar-refractivity contribution is -0.927. The van der Waals surface area contributed by atoms with E-state index in [1.165, 1.54) is 31.8 Å². The number of halogens is 1. The minimum atomic E-state index is -0.317. The Bertz CT molecular complexity index is 276. The molecule has 0 aromatic carbocycles. The van der Waals surface area contributed by atoms with Gasteiger partial charge in [-0.3, -0.25) is 4.79 Å². The monoisotopic (exact) mass is 333 g/mol. The molecule has 0 spiro atoms. The van der Waals surface area contributed by atoms with Crippen LogP contribution in [0.2, 0.25) is 0 Å². The van der Waals surface area contributed by atoms with Crippen molar-refractivity contribution in [1.29, 1.82) is 0 Å². The summed E-state index contributed by atoms with van der Waals surface area (Å²) >= 11 is 0. The van der Waals surface area contributed by atoms with E-state index in [-0.39, 0.29) is 28.3 Å². The van der Waals surface area contributed by atoms with Crippen molar-refractivity contribution in [2.24, 2.45) is 0 Å². The lowest BCUT2D eigenvalue weighted by atomic mass is 9.85. The van der Waals surface area contributed by atoms with E-state index in [1.54, 1.807) is 0 Å². The molecule has 2 nitrogen and oxygen atoms in total. The molecule has 0 aliphatic rings. The highest BCUT2D eigenvalue weighted by molar-refractivity contribution is 5.96. The van der Waals surface area contributed by atoms with E-state index in [0.717, 1.165) is 23.9 Å². The second-order valence-electron chi connectivity index (χ2n) is 6.01. The molecule has 0 aliphatic heterocycles. The van der Waals surface area contributed by atoms with Crippen LogP contribution in [0.15, 0.2) is 12.7 Å². The number of hydrogen-bond acceptors (Lipinski definition) is 1. The number of ketones is 1.